The Balaban J connectivity index is 1.99. The highest BCUT2D eigenvalue weighted by atomic mass is 35.5. The van der Waals surface area contributed by atoms with Crippen LogP contribution in [0.4, 0.5) is 5.69 Å². The minimum absolute atomic E-state index is 0.619. The average Bonchev–Trinajstić information content (AvgIpc) is 2.30. The Morgan fingerprint density at radius 2 is 2.00 bits per heavy atom. The molecule has 1 fully saturated rings. The first-order valence-electron chi connectivity index (χ1n) is 5.84. The monoisotopic (exact) mass is 236 g/mol. The van der Waals surface area contributed by atoms with Crippen LogP contribution in [-0.2, 0) is 0 Å². The molecular formula is C13H17ClN2. The van der Waals surface area contributed by atoms with Crippen LogP contribution in [0.3, 0.4) is 0 Å². The molecule has 1 aliphatic rings. The number of nitrogens with zero attached hydrogens (tertiary/aromatic N) is 1. The van der Waals surface area contributed by atoms with Gasteiger partial charge in [0.2, 0.25) is 0 Å². The molecular weight excluding hydrogens is 220 g/mol. The van der Waals surface area contributed by atoms with Crippen molar-refractivity contribution in [2.24, 2.45) is 11.0 Å². The molecule has 1 aromatic rings. The largest absolute Gasteiger partial charge is 0.279 e. The van der Waals surface area contributed by atoms with E-state index in [2.05, 4.69) is 17.5 Å². The molecule has 0 heterocycles. The lowest BCUT2D eigenvalue weighted by Crippen LogP contribution is -2.17. The summed E-state index contributed by atoms with van der Waals surface area (Å²) in [5, 5.41) is 5.24. The minimum Gasteiger partial charge on any atom is -0.279 e. The molecule has 0 radical (unpaired) electrons. The Kier molecular flexibility index (Phi) is 3.83. The second-order valence-corrected chi connectivity index (χ2v) is 4.81. The number of nitrogens with one attached hydrogen (secondary N) is 1. The molecule has 0 aromatic heterocycles. The van der Waals surface area contributed by atoms with Crippen molar-refractivity contribution in [2.75, 3.05) is 5.43 Å². The van der Waals surface area contributed by atoms with E-state index in [0.717, 1.165) is 17.1 Å². The predicted molar refractivity (Wildman–Crippen MR) is 70.1 cm³/mol. The van der Waals surface area contributed by atoms with Gasteiger partial charge in [0.05, 0.1) is 5.69 Å². The first kappa shape index (κ1) is 11.5. The molecule has 1 atom stereocenters. The van der Waals surface area contributed by atoms with Crippen LogP contribution < -0.4 is 5.43 Å². The summed E-state index contributed by atoms with van der Waals surface area (Å²) in [6, 6.07) is 7.63. The van der Waals surface area contributed by atoms with Crippen molar-refractivity contribution in [3.8, 4) is 0 Å². The van der Waals surface area contributed by atoms with Crippen molar-refractivity contribution in [1.29, 1.82) is 0 Å². The molecule has 0 bridgehead atoms. The number of hydrogen-bond acceptors (Lipinski definition) is 2. The van der Waals surface area contributed by atoms with Gasteiger partial charge in [-0.25, -0.2) is 0 Å². The van der Waals surface area contributed by atoms with E-state index in [1.165, 1.54) is 25.0 Å². The molecule has 0 saturated heterocycles. The molecule has 0 aliphatic heterocycles. The van der Waals surface area contributed by atoms with Crippen molar-refractivity contribution in [2.45, 2.75) is 32.6 Å². The lowest BCUT2D eigenvalue weighted by Gasteiger charge is -2.20. The third-order valence-corrected chi connectivity index (χ3v) is 3.31. The Morgan fingerprint density at radius 1 is 1.25 bits per heavy atom. The highest BCUT2D eigenvalue weighted by Crippen LogP contribution is 2.21. The van der Waals surface area contributed by atoms with Gasteiger partial charge in [-0.1, -0.05) is 24.9 Å². The number of rotatable bonds is 2. The average molecular weight is 237 g/mol. The zero-order valence-electron chi connectivity index (χ0n) is 9.54. The summed E-state index contributed by atoms with van der Waals surface area (Å²) in [7, 11) is 0. The van der Waals surface area contributed by atoms with Crippen LogP contribution >= 0.6 is 11.6 Å². The van der Waals surface area contributed by atoms with E-state index in [-0.39, 0.29) is 0 Å². The van der Waals surface area contributed by atoms with Crippen molar-refractivity contribution in [3.63, 3.8) is 0 Å². The Morgan fingerprint density at radius 3 is 2.69 bits per heavy atom. The van der Waals surface area contributed by atoms with Crippen LogP contribution in [0.5, 0.6) is 0 Å². The Bertz CT molecular complexity index is 370. The number of benzene rings is 1. The molecule has 86 valence electrons. The van der Waals surface area contributed by atoms with Crippen LogP contribution in [-0.4, -0.2) is 5.71 Å². The minimum atomic E-state index is 0.619. The molecule has 2 nitrogen and oxygen atoms in total. The molecule has 16 heavy (non-hydrogen) atoms. The second kappa shape index (κ2) is 5.35. The standard InChI is InChI=1S/C13H17ClN2/c1-10-4-2-3-5-13(10)16-15-12-8-6-11(14)7-9-12/h6-10,15H,2-5H2,1H3/b16-13-/t10-/m1/s1. The van der Waals surface area contributed by atoms with Gasteiger partial charge in [0.15, 0.2) is 0 Å². The van der Waals surface area contributed by atoms with Gasteiger partial charge >= 0.3 is 0 Å². The van der Waals surface area contributed by atoms with Crippen molar-refractivity contribution < 1.29 is 0 Å². The molecule has 1 aliphatic carbocycles. The highest BCUT2D eigenvalue weighted by Gasteiger charge is 2.15. The lowest BCUT2D eigenvalue weighted by atomic mass is 9.89. The summed E-state index contributed by atoms with van der Waals surface area (Å²) in [6.07, 6.45) is 5.00. The number of hydrazone groups is 1. The van der Waals surface area contributed by atoms with Crippen molar-refractivity contribution in [1.82, 2.24) is 0 Å². The van der Waals surface area contributed by atoms with Gasteiger partial charge in [0.25, 0.3) is 0 Å². The quantitative estimate of drug-likeness (QED) is 0.760. The van der Waals surface area contributed by atoms with Gasteiger partial charge in [-0.3, -0.25) is 5.43 Å². The third-order valence-electron chi connectivity index (χ3n) is 3.06. The maximum atomic E-state index is 5.82. The van der Waals surface area contributed by atoms with Crippen LogP contribution in [0.25, 0.3) is 0 Å². The van der Waals surface area contributed by atoms with E-state index in [0.29, 0.717) is 5.92 Å². The van der Waals surface area contributed by atoms with E-state index in [1.54, 1.807) is 0 Å². The predicted octanol–water partition coefficient (Wildman–Crippen LogP) is 4.32. The fourth-order valence-corrected chi connectivity index (χ4v) is 2.12. The van der Waals surface area contributed by atoms with E-state index in [9.17, 15) is 0 Å². The van der Waals surface area contributed by atoms with Gasteiger partial charge in [-0.05, 0) is 49.4 Å². The summed E-state index contributed by atoms with van der Waals surface area (Å²) in [5.41, 5.74) is 5.39. The van der Waals surface area contributed by atoms with Crippen molar-refractivity contribution in [3.05, 3.63) is 29.3 Å². The molecule has 0 amide bonds. The highest BCUT2D eigenvalue weighted by molar-refractivity contribution is 6.30. The van der Waals surface area contributed by atoms with Crippen molar-refractivity contribution >= 4 is 23.0 Å². The van der Waals surface area contributed by atoms with Gasteiger partial charge < -0.3 is 0 Å². The Hall–Kier alpha value is -1.02. The first-order chi connectivity index (χ1) is 7.75. The summed E-state index contributed by atoms with van der Waals surface area (Å²) in [4.78, 5) is 0. The van der Waals surface area contributed by atoms with Gasteiger partial charge in [-0.2, -0.15) is 5.10 Å². The van der Waals surface area contributed by atoms with Gasteiger partial charge in [0.1, 0.15) is 0 Å². The smallest absolute Gasteiger partial charge is 0.0562 e. The van der Waals surface area contributed by atoms with E-state index in [1.807, 2.05) is 24.3 Å². The summed E-state index contributed by atoms with van der Waals surface area (Å²) >= 11 is 5.82. The third kappa shape index (κ3) is 2.99. The fraction of sp³-hybridized carbons (Fsp3) is 0.462. The summed E-state index contributed by atoms with van der Waals surface area (Å²) in [5.74, 6) is 0.619. The van der Waals surface area contributed by atoms with Crippen LogP contribution in [0.15, 0.2) is 29.4 Å². The van der Waals surface area contributed by atoms with E-state index in [4.69, 9.17) is 11.6 Å². The van der Waals surface area contributed by atoms with Crippen LogP contribution in [0, 0.1) is 5.92 Å². The SMILES string of the molecule is C[C@@H]1CCCC/C1=N/Nc1ccc(Cl)cc1. The molecule has 0 spiro atoms. The normalized spacial score (nSPS) is 23.4. The van der Waals surface area contributed by atoms with E-state index >= 15 is 0 Å². The van der Waals surface area contributed by atoms with E-state index < -0.39 is 0 Å². The molecule has 2 rings (SSSR count). The maximum absolute atomic E-state index is 5.82. The molecule has 1 aromatic carbocycles. The Labute approximate surface area is 102 Å². The molecule has 0 unspecified atom stereocenters. The zero-order valence-corrected chi connectivity index (χ0v) is 10.3. The van der Waals surface area contributed by atoms with Crippen LogP contribution in [0.1, 0.15) is 32.6 Å². The second-order valence-electron chi connectivity index (χ2n) is 4.37. The topological polar surface area (TPSA) is 24.4 Å². The molecule has 1 N–H and O–H groups in total. The molecule has 1 saturated carbocycles. The summed E-state index contributed by atoms with van der Waals surface area (Å²) in [6.45, 7) is 2.25. The number of halogens is 1. The molecule has 3 heteroatoms. The van der Waals surface area contributed by atoms with Gasteiger partial charge in [0, 0.05) is 10.7 Å². The van der Waals surface area contributed by atoms with Gasteiger partial charge in [-0.15, -0.1) is 0 Å². The maximum Gasteiger partial charge on any atom is 0.0562 e. The summed E-state index contributed by atoms with van der Waals surface area (Å²) < 4.78 is 0. The fourth-order valence-electron chi connectivity index (χ4n) is 2.00. The van der Waals surface area contributed by atoms with Crippen LogP contribution in [0.2, 0.25) is 5.02 Å². The number of hydrogen-bond donors (Lipinski definition) is 1. The lowest BCUT2D eigenvalue weighted by molar-refractivity contribution is 0.558. The first-order valence-corrected chi connectivity index (χ1v) is 6.21. The number of anilines is 1. The zero-order chi connectivity index (χ0) is 11.4.